The summed E-state index contributed by atoms with van der Waals surface area (Å²) in [5.41, 5.74) is 5.83. The third-order valence-electron chi connectivity index (χ3n) is 1.75. The molecule has 86 valence electrons. The number of hydrogen-bond donors (Lipinski definition) is 3. The van der Waals surface area contributed by atoms with Crippen LogP contribution in [-0.4, -0.2) is 28.9 Å². The molecule has 4 N–H and O–H groups in total. The fourth-order valence-electron chi connectivity index (χ4n) is 1.02. The van der Waals surface area contributed by atoms with Crippen molar-refractivity contribution in [1.82, 2.24) is 0 Å². The highest BCUT2D eigenvalue weighted by atomic mass is 35.5. The summed E-state index contributed by atoms with van der Waals surface area (Å²) >= 11 is 17.1. The van der Waals surface area contributed by atoms with Crippen LogP contribution < -0.4 is 11.2 Å². The maximum absolute atomic E-state index is 9.03. The Hall–Kier alpha value is -0.455. The van der Waals surface area contributed by atoms with Gasteiger partial charge in [0.15, 0.2) is 0 Å². The highest BCUT2D eigenvalue weighted by Gasteiger charge is 2.17. The molecule has 0 fully saturated rings. The Morgan fingerprint density at radius 1 is 1.31 bits per heavy atom. The lowest BCUT2D eigenvalue weighted by Crippen LogP contribution is -2.30. The first kappa shape index (κ1) is 13.6. The Morgan fingerprint density at radius 2 is 1.94 bits per heavy atom. The summed E-state index contributed by atoms with van der Waals surface area (Å²) in [5, 5.41) is 18.5. The molecule has 0 unspecified atom stereocenters. The van der Waals surface area contributed by atoms with Gasteiger partial charge < -0.3 is 15.8 Å². The van der Waals surface area contributed by atoms with Crippen LogP contribution in [0.3, 0.4) is 0 Å². The normalized spacial score (nSPS) is 11.7. The van der Waals surface area contributed by atoms with Gasteiger partial charge in [-0.05, 0) is 12.1 Å². The van der Waals surface area contributed by atoms with E-state index in [2.05, 4.69) is 4.99 Å². The van der Waals surface area contributed by atoms with E-state index in [-0.39, 0.29) is 32.9 Å². The fraction of sp³-hybridized carbons (Fsp3) is 0.125. The van der Waals surface area contributed by atoms with Gasteiger partial charge in [0.2, 0.25) is 0 Å². The molecule has 16 heavy (non-hydrogen) atoms. The average molecular weight is 281 g/mol. The van der Waals surface area contributed by atoms with Gasteiger partial charge in [-0.2, -0.15) is 0 Å². The highest BCUT2D eigenvalue weighted by molar-refractivity contribution is 6.63. The zero-order valence-corrected chi connectivity index (χ0v) is 10.3. The van der Waals surface area contributed by atoms with Crippen molar-refractivity contribution in [2.24, 2.45) is 10.7 Å². The van der Waals surface area contributed by atoms with E-state index in [1.54, 1.807) is 0 Å². The standard InChI is InChI=1S/C8H8BCl3N2O2/c10-3-8(13)14-7-1-4(9(15)16)5(11)2-6(7)12/h1-2,15-16H,3H2,(H2,13,14). The number of nitrogens with two attached hydrogens (primary N) is 1. The van der Waals surface area contributed by atoms with E-state index in [0.29, 0.717) is 0 Å². The fourth-order valence-corrected chi connectivity index (χ4v) is 1.60. The van der Waals surface area contributed by atoms with E-state index < -0.39 is 7.12 Å². The lowest BCUT2D eigenvalue weighted by molar-refractivity contribution is 0.426. The first-order valence-electron chi connectivity index (χ1n) is 4.19. The average Bonchev–Trinajstić information content (AvgIpc) is 2.21. The van der Waals surface area contributed by atoms with Crippen LogP contribution in [0, 0.1) is 0 Å². The van der Waals surface area contributed by atoms with Crippen LogP contribution in [-0.2, 0) is 0 Å². The van der Waals surface area contributed by atoms with Gasteiger partial charge in [0, 0.05) is 10.5 Å². The predicted molar refractivity (Wildman–Crippen MR) is 68.3 cm³/mol. The number of benzene rings is 1. The summed E-state index contributed by atoms with van der Waals surface area (Å²) in [6, 6.07) is 2.70. The zero-order chi connectivity index (χ0) is 12.3. The quantitative estimate of drug-likeness (QED) is 0.333. The molecule has 0 bridgehead atoms. The van der Waals surface area contributed by atoms with Crippen LogP contribution in [0.25, 0.3) is 0 Å². The summed E-state index contributed by atoms with van der Waals surface area (Å²) in [4.78, 5) is 3.91. The second kappa shape index (κ2) is 5.75. The minimum Gasteiger partial charge on any atom is -0.423 e. The van der Waals surface area contributed by atoms with Crippen molar-refractivity contribution in [3.8, 4) is 0 Å². The van der Waals surface area contributed by atoms with Gasteiger partial charge in [-0.25, -0.2) is 4.99 Å². The Balaban J connectivity index is 3.25. The van der Waals surface area contributed by atoms with Crippen molar-refractivity contribution < 1.29 is 10.0 Å². The molecular weight excluding hydrogens is 273 g/mol. The van der Waals surface area contributed by atoms with Crippen LogP contribution in [0.2, 0.25) is 10.0 Å². The summed E-state index contributed by atoms with van der Waals surface area (Å²) in [5.74, 6) is 0.222. The lowest BCUT2D eigenvalue weighted by Gasteiger charge is -2.06. The van der Waals surface area contributed by atoms with E-state index in [4.69, 9.17) is 50.6 Å². The molecule has 8 heteroatoms. The minimum absolute atomic E-state index is 0.0516. The van der Waals surface area contributed by atoms with Gasteiger partial charge in [-0.15, -0.1) is 11.6 Å². The third kappa shape index (κ3) is 3.27. The van der Waals surface area contributed by atoms with Crippen molar-refractivity contribution in [1.29, 1.82) is 0 Å². The maximum Gasteiger partial charge on any atom is 0.490 e. The molecule has 0 saturated heterocycles. The van der Waals surface area contributed by atoms with Crippen LogP contribution >= 0.6 is 34.8 Å². The van der Waals surface area contributed by atoms with E-state index >= 15 is 0 Å². The topological polar surface area (TPSA) is 78.8 Å². The number of alkyl halides is 1. The largest absolute Gasteiger partial charge is 0.490 e. The third-order valence-corrected chi connectivity index (χ3v) is 2.65. The predicted octanol–water partition coefficient (Wildman–Crippen LogP) is 0.901. The van der Waals surface area contributed by atoms with Crippen LogP contribution in [0.15, 0.2) is 17.1 Å². The van der Waals surface area contributed by atoms with Gasteiger partial charge >= 0.3 is 7.12 Å². The molecule has 0 aliphatic carbocycles. The van der Waals surface area contributed by atoms with Crippen LogP contribution in [0.4, 0.5) is 5.69 Å². The molecule has 0 radical (unpaired) electrons. The maximum atomic E-state index is 9.03. The second-order valence-corrected chi connectivity index (χ2v) is 4.02. The molecule has 0 aliphatic heterocycles. The number of nitrogens with zero attached hydrogens (tertiary/aromatic N) is 1. The second-order valence-electron chi connectivity index (χ2n) is 2.94. The summed E-state index contributed by atoms with van der Waals surface area (Å²) in [7, 11) is -1.70. The first-order valence-corrected chi connectivity index (χ1v) is 5.48. The highest BCUT2D eigenvalue weighted by Crippen LogP contribution is 2.26. The van der Waals surface area contributed by atoms with Crippen molar-refractivity contribution in [2.45, 2.75) is 0 Å². The molecule has 1 aromatic carbocycles. The molecular formula is C8H8BCl3N2O2. The van der Waals surface area contributed by atoms with Gasteiger partial charge in [-0.1, -0.05) is 23.2 Å². The molecule has 4 nitrogen and oxygen atoms in total. The Bertz CT molecular complexity index is 426. The molecule has 1 rings (SSSR count). The van der Waals surface area contributed by atoms with E-state index in [1.165, 1.54) is 12.1 Å². The molecule has 0 heterocycles. The molecule has 0 saturated carbocycles. The smallest absolute Gasteiger partial charge is 0.423 e. The summed E-state index contributed by atoms with van der Waals surface area (Å²) in [6.45, 7) is 0. The minimum atomic E-state index is -1.70. The van der Waals surface area contributed by atoms with E-state index in [0.717, 1.165) is 0 Å². The van der Waals surface area contributed by atoms with Crippen molar-refractivity contribution in [3.63, 3.8) is 0 Å². The van der Waals surface area contributed by atoms with Gasteiger partial charge in [0.25, 0.3) is 0 Å². The van der Waals surface area contributed by atoms with Crippen molar-refractivity contribution >= 4 is 58.9 Å². The van der Waals surface area contributed by atoms with Crippen molar-refractivity contribution in [2.75, 3.05) is 5.88 Å². The number of hydrogen-bond acceptors (Lipinski definition) is 3. The van der Waals surface area contributed by atoms with Crippen LogP contribution in [0.1, 0.15) is 0 Å². The number of aliphatic imine (C=N–C) groups is 1. The van der Waals surface area contributed by atoms with Crippen molar-refractivity contribution in [3.05, 3.63) is 22.2 Å². The monoisotopic (exact) mass is 280 g/mol. The number of rotatable bonds is 3. The Kier molecular flexibility index (Phi) is 4.89. The van der Waals surface area contributed by atoms with Crippen LogP contribution in [0.5, 0.6) is 0 Å². The number of amidine groups is 1. The molecule has 0 atom stereocenters. The summed E-state index contributed by atoms with van der Waals surface area (Å²) in [6.07, 6.45) is 0. The van der Waals surface area contributed by atoms with Gasteiger partial charge in [0.05, 0.1) is 16.6 Å². The molecule has 0 spiro atoms. The van der Waals surface area contributed by atoms with Gasteiger partial charge in [-0.3, -0.25) is 0 Å². The SMILES string of the molecule is NC(CCl)=Nc1cc(B(O)O)c(Cl)cc1Cl. The number of halogens is 3. The molecule has 0 aliphatic rings. The molecule has 0 aromatic heterocycles. The molecule has 1 aromatic rings. The zero-order valence-electron chi connectivity index (χ0n) is 7.99. The van der Waals surface area contributed by atoms with E-state index in [1.807, 2.05) is 0 Å². The summed E-state index contributed by atoms with van der Waals surface area (Å²) < 4.78 is 0. The lowest BCUT2D eigenvalue weighted by atomic mass is 9.80. The molecule has 0 amide bonds. The Labute approximate surface area is 108 Å². The first-order chi connectivity index (χ1) is 7.45. The Morgan fingerprint density at radius 3 is 2.44 bits per heavy atom. The van der Waals surface area contributed by atoms with E-state index in [9.17, 15) is 0 Å². The van der Waals surface area contributed by atoms with Gasteiger partial charge in [0.1, 0.15) is 5.84 Å².